The van der Waals surface area contributed by atoms with Gasteiger partial charge in [0.25, 0.3) is 16.6 Å². The van der Waals surface area contributed by atoms with Crippen molar-refractivity contribution in [3.63, 3.8) is 0 Å². The lowest BCUT2D eigenvalue weighted by molar-refractivity contribution is 0.415. The molecule has 4 aromatic carbocycles. The first-order valence-electron chi connectivity index (χ1n) is 19.5. The molecule has 0 aliphatic rings. The lowest BCUT2D eigenvalue weighted by Crippen LogP contribution is -2.78. The Labute approximate surface area is 313 Å². The van der Waals surface area contributed by atoms with Gasteiger partial charge in [-0.2, -0.15) is 0 Å². The van der Waals surface area contributed by atoms with E-state index >= 15 is 0 Å². The Bertz CT molecular complexity index is 1430. The summed E-state index contributed by atoms with van der Waals surface area (Å²) in [5, 5.41) is 5.24. The monoisotopic (exact) mass is 710 g/mol. The third kappa shape index (κ3) is 9.84. The molecule has 0 bridgehead atoms. The van der Waals surface area contributed by atoms with Crippen molar-refractivity contribution in [2.75, 3.05) is 0 Å². The van der Waals surface area contributed by atoms with E-state index in [-0.39, 0.29) is 10.1 Å². The van der Waals surface area contributed by atoms with Gasteiger partial charge in [0.1, 0.15) is 0 Å². The van der Waals surface area contributed by atoms with Gasteiger partial charge in [0.05, 0.1) is 0 Å². The fourth-order valence-corrected chi connectivity index (χ4v) is 21.8. The van der Waals surface area contributed by atoms with E-state index < -0.39 is 16.6 Å². The van der Waals surface area contributed by atoms with Crippen LogP contribution in [0.1, 0.15) is 118 Å². The summed E-state index contributed by atoms with van der Waals surface area (Å²) in [4.78, 5) is 0. The van der Waals surface area contributed by atoms with Crippen LogP contribution in [-0.4, -0.2) is 16.6 Å². The first-order valence-corrected chi connectivity index (χ1v) is 23.4. The summed E-state index contributed by atoms with van der Waals surface area (Å²) < 4.78 is 8.75. The minimum absolute atomic E-state index is 0.108. The third-order valence-corrected chi connectivity index (χ3v) is 22.5. The Kier molecular flexibility index (Phi) is 15.6. The molecule has 0 aliphatic carbocycles. The van der Waals surface area contributed by atoms with Gasteiger partial charge in [-0.05, 0) is 56.5 Å². The highest BCUT2D eigenvalue weighted by Gasteiger charge is 2.61. The highest BCUT2D eigenvalue weighted by Crippen LogP contribution is 2.49. The van der Waals surface area contributed by atoms with Crippen molar-refractivity contribution < 1.29 is 4.12 Å². The van der Waals surface area contributed by atoms with Gasteiger partial charge in [-0.1, -0.05) is 200 Å². The highest BCUT2D eigenvalue weighted by atomic mass is 28.4. The van der Waals surface area contributed by atoms with E-state index in [1.807, 2.05) is 0 Å². The van der Waals surface area contributed by atoms with Crippen LogP contribution in [0.3, 0.4) is 0 Å². The number of benzene rings is 4. The molecule has 0 aliphatic heterocycles. The summed E-state index contributed by atoms with van der Waals surface area (Å²) in [7, 11) is -6.04. The van der Waals surface area contributed by atoms with Crippen LogP contribution in [0, 0.1) is 24.7 Å². The molecular weight excluding hydrogens is 649 g/mol. The number of hydrogen-bond acceptors (Lipinski definition) is 1. The molecule has 0 atom stereocenters. The van der Waals surface area contributed by atoms with Crippen molar-refractivity contribution >= 4 is 37.4 Å². The summed E-state index contributed by atoms with van der Waals surface area (Å²) in [6.45, 7) is 10.1. The second kappa shape index (κ2) is 19.9. The minimum Gasteiger partial charge on any atom is -0.441 e. The number of unbranched alkanes of at least 4 members (excludes halogenated alkanes) is 10. The predicted molar refractivity (Wildman–Crippen MR) is 227 cm³/mol. The zero-order valence-corrected chi connectivity index (χ0v) is 34.0. The first-order chi connectivity index (χ1) is 24.7. The Balaban J connectivity index is 1.92. The molecule has 0 radical (unpaired) electrons. The zero-order valence-electron chi connectivity index (χ0n) is 32.0. The van der Waals surface area contributed by atoms with Crippen molar-refractivity contribution in [1.29, 1.82) is 0 Å². The summed E-state index contributed by atoms with van der Waals surface area (Å²) in [5.41, 5.74) is 0. The SMILES string of the molecule is C#CCCCCCCCC(C)(C)[Si](O[Si](c1ccccc1)(c1ccccc1)C(C)(C)CCCCCCCC#C)(c1ccccc1)c1ccccc1. The van der Waals surface area contributed by atoms with Gasteiger partial charge in [0.15, 0.2) is 0 Å². The van der Waals surface area contributed by atoms with Crippen LogP contribution < -0.4 is 20.7 Å². The zero-order chi connectivity index (χ0) is 36.5. The molecule has 0 spiro atoms. The average Bonchev–Trinajstić information content (AvgIpc) is 3.16. The molecule has 0 N–H and O–H groups in total. The van der Waals surface area contributed by atoms with E-state index in [1.165, 1.54) is 72.1 Å². The smallest absolute Gasteiger partial charge is 0.251 e. The second-order valence-corrected chi connectivity index (χ2v) is 24.2. The van der Waals surface area contributed by atoms with Crippen molar-refractivity contribution in [1.82, 2.24) is 0 Å². The number of rotatable bonds is 22. The van der Waals surface area contributed by atoms with E-state index in [1.54, 1.807) is 0 Å². The maximum absolute atomic E-state index is 8.75. The van der Waals surface area contributed by atoms with Crippen molar-refractivity contribution in [2.45, 2.75) is 128 Å². The predicted octanol–water partition coefficient (Wildman–Crippen LogP) is 10.8. The lowest BCUT2D eigenvalue weighted by Gasteiger charge is -2.55. The molecule has 0 fully saturated rings. The van der Waals surface area contributed by atoms with Crippen LogP contribution in [0.5, 0.6) is 0 Å². The molecule has 268 valence electrons. The fourth-order valence-electron chi connectivity index (χ4n) is 8.33. The normalized spacial score (nSPS) is 12.3. The van der Waals surface area contributed by atoms with Gasteiger partial charge in [-0.15, -0.1) is 24.7 Å². The molecule has 0 amide bonds. The van der Waals surface area contributed by atoms with Crippen LogP contribution in [0.15, 0.2) is 121 Å². The third-order valence-electron chi connectivity index (χ3n) is 11.2. The Morgan fingerprint density at radius 1 is 0.412 bits per heavy atom. The van der Waals surface area contributed by atoms with Crippen molar-refractivity contribution in [3.05, 3.63) is 121 Å². The van der Waals surface area contributed by atoms with Gasteiger partial charge in [-0.3, -0.25) is 0 Å². The second-order valence-electron chi connectivity index (χ2n) is 15.6. The summed E-state index contributed by atoms with van der Waals surface area (Å²) >= 11 is 0. The van der Waals surface area contributed by atoms with Gasteiger partial charge < -0.3 is 4.12 Å². The molecule has 0 heterocycles. The summed E-state index contributed by atoms with van der Waals surface area (Å²) in [6.07, 6.45) is 27.0. The van der Waals surface area contributed by atoms with Crippen LogP contribution >= 0.6 is 0 Å². The van der Waals surface area contributed by atoms with Gasteiger partial charge >= 0.3 is 0 Å². The Morgan fingerprint density at radius 3 is 0.941 bits per heavy atom. The standard InChI is InChI=1S/C48H62OSi2/c1-7-9-11-13-15-17-31-41-47(3,4)50(43-33-23-19-24-34-43,44-35-25-20-26-36-44)49-51(45-37-27-21-28-38-45,46-39-29-22-30-40-46)48(5,6)42-32-18-16-14-12-10-8-2/h1-2,19-30,33-40H,9-18,31-32,41-42H2,3-6H3. The van der Waals surface area contributed by atoms with E-state index in [9.17, 15) is 0 Å². The minimum atomic E-state index is -3.02. The number of terminal acetylenes is 2. The molecule has 0 saturated carbocycles. The van der Waals surface area contributed by atoms with Crippen LogP contribution in [0.25, 0.3) is 0 Å². The maximum Gasteiger partial charge on any atom is 0.251 e. The van der Waals surface area contributed by atoms with Crippen molar-refractivity contribution in [3.8, 4) is 24.7 Å². The number of hydrogen-bond donors (Lipinski definition) is 0. The highest BCUT2D eigenvalue weighted by molar-refractivity contribution is 7.11. The molecule has 0 aromatic heterocycles. The topological polar surface area (TPSA) is 9.23 Å². The van der Waals surface area contributed by atoms with Crippen LogP contribution in [-0.2, 0) is 4.12 Å². The molecule has 0 saturated heterocycles. The maximum atomic E-state index is 8.75. The van der Waals surface area contributed by atoms with E-state index in [4.69, 9.17) is 17.0 Å². The van der Waals surface area contributed by atoms with Gasteiger partial charge in [0, 0.05) is 12.8 Å². The van der Waals surface area contributed by atoms with Crippen molar-refractivity contribution in [2.24, 2.45) is 0 Å². The molecule has 1 nitrogen and oxygen atoms in total. The fraction of sp³-hybridized carbons (Fsp3) is 0.417. The Hall–Kier alpha value is -3.61. The van der Waals surface area contributed by atoms with Gasteiger partial charge in [0.2, 0.25) is 0 Å². The van der Waals surface area contributed by atoms with Gasteiger partial charge in [-0.25, -0.2) is 0 Å². The van der Waals surface area contributed by atoms with E-state index in [0.29, 0.717) is 0 Å². The molecule has 51 heavy (non-hydrogen) atoms. The molecule has 0 unspecified atom stereocenters. The van der Waals surface area contributed by atoms with Crippen LogP contribution in [0.2, 0.25) is 10.1 Å². The largest absolute Gasteiger partial charge is 0.441 e. The average molecular weight is 711 g/mol. The van der Waals surface area contributed by atoms with Crippen LogP contribution in [0.4, 0.5) is 0 Å². The molecule has 4 rings (SSSR count). The van der Waals surface area contributed by atoms with E-state index in [2.05, 4.69) is 161 Å². The quantitative estimate of drug-likeness (QED) is 0.0448. The molecular formula is C48H62OSi2. The molecule has 3 heteroatoms. The molecule has 4 aromatic rings. The lowest BCUT2D eigenvalue weighted by atomic mass is 10.0. The Morgan fingerprint density at radius 2 is 0.667 bits per heavy atom. The first kappa shape index (κ1) is 40.2. The summed E-state index contributed by atoms with van der Waals surface area (Å²) in [6, 6.07) is 45.4. The summed E-state index contributed by atoms with van der Waals surface area (Å²) in [5.74, 6) is 5.62. The van der Waals surface area contributed by atoms with E-state index in [0.717, 1.165) is 38.5 Å².